The van der Waals surface area contributed by atoms with Gasteiger partial charge in [0.05, 0.1) is 23.5 Å². The average Bonchev–Trinajstić information content (AvgIpc) is 2.93. The van der Waals surface area contributed by atoms with E-state index in [1.165, 1.54) is 0 Å². The highest BCUT2D eigenvalue weighted by Crippen LogP contribution is 2.56. The van der Waals surface area contributed by atoms with Crippen molar-refractivity contribution in [3.8, 4) is 0 Å². The van der Waals surface area contributed by atoms with E-state index < -0.39 is 11.5 Å². The van der Waals surface area contributed by atoms with Crippen LogP contribution in [0.4, 0.5) is 11.4 Å². The van der Waals surface area contributed by atoms with Crippen LogP contribution in [-0.2, 0) is 24.6 Å². The second-order valence-electron chi connectivity index (χ2n) is 9.51. The summed E-state index contributed by atoms with van der Waals surface area (Å²) in [5.74, 6) is -0.481. The van der Waals surface area contributed by atoms with Crippen LogP contribution in [0.25, 0.3) is 0 Å². The van der Waals surface area contributed by atoms with E-state index in [0.717, 1.165) is 29.5 Å². The van der Waals surface area contributed by atoms with Crippen molar-refractivity contribution < 1.29 is 19.2 Å². The van der Waals surface area contributed by atoms with Gasteiger partial charge in [-0.3, -0.25) is 0 Å². The second-order valence-corrected chi connectivity index (χ2v) is 9.51. The van der Waals surface area contributed by atoms with Gasteiger partial charge in [0, 0.05) is 5.41 Å². The number of benzene rings is 2. The first kappa shape index (κ1) is 26.8. The lowest BCUT2D eigenvalue weighted by atomic mass is 9.51. The number of aliphatic imine (C=N–C) groups is 4. The first-order chi connectivity index (χ1) is 18.6. The summed E-state index contributed by atoms with van der Waals surface area (Å²) in [6.45, 7) is 4.41. The van der Waals surface area contributed by atoms with Crippen LogP contribution in [0.1, 0.15) is 43.2 Å². The number of rotatable bonds is 8. The van der Waals surface area contributed by atoms with E-state index in [1.807, 2.05) is 36.4 Å². The molecule has 8 heteroatoms. The highest BCUT2D eigenvalue weighted by molar-refractivity contribution is 5.58. The summed E-state index contributed by atoms with van der Waals surface area (Å²) >= 11 is 0. The number of isocyanates is 4. The first-order valence-corrected chi connectivity index (χ1v) is 12.4. The molecule has 2 fully saturated rings. The molecule has 0 saturated heterocycles. The molecule has 2 radical (unpaired) electrons. The Balaban J connectivity index is 2.06. The van der Waals surface area contributed by atoms with E-state index in [-0.39, 0.29) is 17.9 Å². The van der Waals surface area contributed by atoms with E-state index in [9.17, 15) is 19.2 Å². The minimum atomic E-state index is -0.839. The van der Waals surface area contributed by atoms with Gasteiger partial charge in [-0.2, -0.15) is 15.0 Å². The fraction of sp³-hybridized carbons (Fsp3) is 0.333. The molecular formula is C30H26N4O4. The van der Waals surface area contributed by atoms with Crippen molar-refractivity contribution in [3.05, 3.63) is 84.7 Å². The standard InChI is InChI=1S/C30H26N4O4/c1-21-28(12-5-13-29(21)34-20-38)30(22-6-2-9-25(14-22)31-17-35,23-7-3-10-26(15-23)32-18-36)24-8-4-11-27(16-24)33-19-37/h2-3,6-10,12,14-15,24,27-29H,1,4-5,11,13,16H2. The van der Waals surface area contributed by atoms with Gasteiger partial charge >= 0.3 is 0 Å². The van der Waals surface area contributed by atoms with Crippen molar-refractivity contribution >= 4 is 35.7 Å². The Bertz CT molecular complexity index is 1330. The molecule has 2 aromatic carbocycles. The molecule has 38 heavy (non-hydrogen) atoms. The summed E-state index contributed by atoms with van der Waals surface area (Å²) in [7, 11) is 0. The van der Waals surface area contributed by atoms with Gasteiger partial charge in [0.25, 0.3) is 0 Å². The SMILES string of the molecule is C=C1C(N=C=O)CC[CH]C1C(c1cccc(N=C=O)c1)(c1cccc(N=C=O)c1)C1[CH]CCC(N=C=O)C1. The van der Waals surface area contributed by atoms with Gasteiger partial charge in [0.15, 0.2) is 0 Å². The molecule has 190 valence electrons. The Kier molecular flexibility index (Phi) is 8.66. The Morgan fingerprint density at radius 2 is 1.37 bits per heavy atom. The van der Waals surface area contributed by atoms with Crippen molar-refractivity contribution in [2.75, 3.05) is 0 Å². The molecule has 0 aromatic heterocycles. The first-order valence-electron chi connectivity index (χ1n) is 12.4. The zero-order chi connectivity index (χ0) is 27.0. The van der Waals surface area contributed by atoms with E-state index in [1.54, 1.807) is 36.5 Å². The zero-order valence-corrected chi connectivity index (χ0v) is 20.7. The molecule has 0 spiro atoms. The van der Waals surface area contributed by atoms with E-state index in [2.05, 4.69) is 39.4 Å². The van der Waals surface area contributed by atoms with Crippen LogP contribution < -0.4 is 0 Å². The topological polar surface area (TPSA) is 118 Å². The lowest BCUT2D eigenvalue weighted by Crippen LogP contribution is -2.49. The molecule has 8 nitrogen and oxygen atoms in total. The molecule has 2 aromatic rings. The summed E-state index contributed by atoms with van der Waals surface area (Å²) in [6, 6.07) is 14.1. The van der Waals surface area contributed by atoms with Crippen molar-refractivity contribution in [3.63, 3.8) is 0 Å². The summed E-state index contributed by atoms with van der Waals surface area (Å²) in [5.41, 5.74) is 2.47. The van der Waals surface area contributed by atoms with Crippen molar-refractivity contribution in [2.24, 2.45) is 31.8 Å². The fourth-order valence-electron chi connectivity index (χ4n) is 6.17. The number of hydrogen-bond acceptors (Lipinski definition) is 8. The van der Waals surface area contributed by atoms with Crippen LogP contribution in [0, 0.1) is 24.7 Å². The van der Waals surface area contributed by atoms with Crippen molar-refractivity contribution in [1.29, 1.82) is 0 Å². The normalized spacial score (nSPS) is 24.4. The Morgan fingerprint density at radius 1 is 0.763 bits per heavy atom. The van der Waals surface area contributed by atoms with Crippen LogP contribution in [0.2, 0.25) is 0 Å². The van der Waals surface area contributed by atoms with Crippen molar-refractivity contribution in [2.45, 2.75) is 49.6 Å². The summed E-state index contributed by atoms with van der Waals surface area (Å²) in [4.78, 5) is 60.6. The zero-order valence-electron chi connectivity index (χ0n) is 20.7. The molecule has 4 unspecified atom stereocenters. The second kappa shape index (κ2) is 12.3. The van der Waals surface area contributed by atoms with Crippen LogP contribution in [0.3, 0.4) is 0 Å². The molecule has 4 atom stereocenters. The Hall–Kier alpha value is -4.30. The molecule has 2 saturated carbocycles. The average molecular weight is 507 g/mol. The largest absolute Gasteiger partial charge is 0.240 e. The summed E-state index contributed by atoms with van der Waals surface area (Å²) in [5, 5.41) is 0. The Morgan fingerprint density at radius 3 is 1.95 bits per heavy atom. The van der Waals surface area contributed by atoms with Gasteiger partial charge in [0.2, 0.25) is 24.3 Å². The molecule has 0 N–H and O–H groups in total. The number of hydrogen-bond donors (Lipinski definition) is 0. The molecule has 2 aliphatic carbocycles. The predicted molar refractivity (Wildman–Crippen MR) is 141 cm³/mol. The van der Waals surface area contributed by atoms with Crippen LogP contribution >= 0.6 is 0 Å². The summed E-state index contributed by atoms with van der Waals surface area (Å²) < 4.78 is 0. The monoisotopic (exact) mass is 506 g/mol. The minimum absolute atomic E-state index is 0.166. The van der Waals surface area contributed by atoms with Crippen LogP contribution in [0.5, 0.6) is 0 Å². The van der Waals surface area contributed by atoms with Crippen LogP contribution in [0.15, 0.2) is 80.7 Å². The molecular weight excluding hydrogens is 480 g/mol. The maximum atomic E-state index is 11.3. The molecule has 4 rings (SSSR count). The maximum absolute atomic E-state index is 11.3. The number of carbonyl (C=O) groups excluding carboxylic acids is 4. The Labute approximate surface area is 221 Å². The smallest absolute Gasteiger partial charge is 0.211 e. The van der Waals surface area contributed by atoms with Gasteiger partial charge in [-0.15, -0.1) is 0 Å². The van der Waals surface area contributed by atoms with Gasteiger partial charge in [0.1, 0.15) is 0 Å². The highest BCUT2D eigenvalue weighted by Gasteiger charge is 2.52. The third-order valence-corrected chi connectivity index (χ3v) is 7.66. The predicted octanol–water partition coefficient (Wildman–Crippen LogP) is 5.49. The third-order valence-electron chi connectivity index (χ3n) is 7.66. The van der Waals surface area contributed by atoms with Gasteiger partial charge in [-0.25, -0.2) is 24.2 Å². The van der Waals surface area contributed by atoms with E-state index in [4.69, 9.17) is 0 Å². The fourth-order valence-corrected chi connectivity index (χ4v) is 6.17. The molecule has 2 aliphatic rings. The van der Waals surface area contributed by atoms with Gasteiger partial charge in [-0.1, -0.05) is 30.8 Å². The maximum Gasteiger partial charge on any atom is 0.240 e. The molecule has 0 aliphatic heterocycles. The van der Waals surface area contributed by atoms with E-state index >= 15 is 0 Å². The lowest BCUT2D eigenvalue weighted by Gasteiger charge is -2.52. The quantitative estimate of drug-likeness (QED) is 0.267. The van der Waals surface area contributed by atoms with E-state index in [0.29, 0.717) is 30.6 Å². The van der Waals surface area contributed by atoms with Gasteiger partial charge < -0.3 is 0 Å². The molecule has 0 bridgehead atoms. The number of nitrogens with zero attached hydrogens (tertiary/aromatic N) is 4. The molecule has 0 amide bonds. The summed E-state index contributed by atoms with van der Waals surface area (Å²) in [6.07, 6.45) is 14.4. The third kappa shape index (κ3) is 5.21. The van der Waals surface area contributed by atoms with Gasteiger partial charge in [-0.05, 0) is 97.7 Å². The minimum Gasteiger partial charge on any atom is -0.211 e. The van der Waals surface area contributed by atoms with Crippen LogP contribution in [-0.4, -0.2) is 36.4 Å². The molecule has 0 heterocycles. The lowest BCUT2D eigenvalue weighted by molar-refractivity contribution is 0.219. The van der Waals surface area contributed by atoms with Crippen molar-refractivity contribution in [1.82, 2.24) is 0 Å². The highest BCUT2D eigenvalue weighted by atomic mass is 16.1.